The number of rotatable bonds is 5. The highest BCUT2D eigenvalue weighted by atomic mass is 16.4. The number of nitrogens with one attached hydrogen (secondary N) is 1. The minimum Gasteiger partial charge on any atom is -0.478 e. The molecule has 0 aliphatic heterocycles. The van der Waals surface area contributed by atoms with Crippen molar-refractivity contribution >= 4 is 11.8 Å². The first-order valence-electron chi connectivity index (χ1n) is 7.01. The average Bonchev–Trinajstić information content (AvgIpc) is 2.45. The fraction of sp³-hybridized carbons (Fsp3) is 0.294. The summed E-state index contributed by atoms with van der Waals surface area (Å²) in [5.74, 6) is -0.0559. The molecule has 0 bridgehead atoms. The first kappa shape index (κ1) is 15.0. The number of aromatic carboxylic acids is 1. The van der Waals surface area contributed by atoms with Crippen LogP contribution in [0.25, 0.3) is 0 Å². The van der Waals surface area contributed by atoms with Crippen molar-refractivity contribution in [3.63, 3.8) is 0 Å². The Morgan fingerprint density at radius 2 is 1.86 bits per heavy atom. The largest absolute Gasteiger partial charge is 0.478 e. The van der Waals surface area contributed by atoms with Crippen molar-refractivity contribution in [3.8, 4) is 0 Å². The molecule has 2 N–H and O–H groups in total. The molecule has 4 nitrogen and oxygen atoms in total. The third-order valence-corrected chi connectivity index (χ3v) is 3.37. The first-order chi connectivity index (χ1) is 9.97. The lowest BCUT2D eigenvalue weighted by Crippen LogP contribution is -2.09. The van der Waals surface area contributed by atoms with E-state index >= 15 is 0 Å². The Balaban J connectivity index is 2.12. The summed E-state index contributed by atoms with van der Waals surface area (Å²) in [4.78, 5) is 15.4. The van der Waals surface area contributed by atoms with E-state index < -0.39 is 5.97 Å². The number of carbonyl (C=O) groups is 1. The fourth-order valence-corrected chi connectivity index (χ4v) is 2.07. The van der Waals surface area contributed by atoms with Gasteiger partial charge >= 0.3 is 5.97 Å². The van der Waals surface area contributed by atoms with Crippen LogP contribution in [0.1, 0.15) is 46.9 Å². The van der Waals surface area contributed by atoms with Gasteiger partial charge in [-0.25, -0.2) is 9.78 Å². The lowest BCUT2D eigenvalue weighted by Gasteiger charge is -2.11. The van der Waals surface area contributed by atoms with Gasteiger partial charge in [-0.2, -0.15) is 0 Å². The predicted octanol–water partition coefficient (Wildman–Crippen LogP) is 3.82. The van der Waals surface area contributed by atoms with Gasteiger partial charge < -0.3 is 10.4 Å². The summed E-state index contributed by atoms with van der Waals surface area (Å²) in [7, 11) is 0. The van der Waals surface area contributed by atoms with Crippen LogP contribution in [0.4, 0.5) is 5.82 Å². The maximum absolute atomic E-state index is 11.2. The van der Waals surface area contributed by atoms with E-state index in [1.807, 2.05) is 6.92 Å². The van der Waals surface area contributed by atoms with E-state index in [2.05, 4.69) is 48.4 Å². The summed E-state index contributed by atoms with van der Waals surface area (Å²) < 4.78 is 0. The minimum absolute atomic E-state index is 0.194. The molecule has 2 aromatic rings. The van der Waals surface area contributed by atoms with Crippen molar-refractivity contribution in [3.05, 3.63) is 58.8 Å². The topological polar surface area (TPSA) is 62.2 Å². The highest BCUT2D eigenvalue weighted by Gasteiger charge is 2.11. The molecule has 0 atom stereocenters. The van der Waals surface area contributed by atoms with E-state index in [0.29, 0.717) is 18.3 Å². The first-order valence-corrected chi connectivity index (χ1v) is 7.01. The number of aryl methyl sites for hydroxylation is 1. The van der Waals surface area contributed by atoms with Gasteiger partial charge in [0, 0.05) is 12.2 Å². The smallest absolute Gasteiger partial charge is 0.339 e. The average molecular weight is 284 g/mol. The molecule has 0 saturated carbocycles. The second-order valence-corrected chi connectivity index (χ2v) is 5.40. The van der Waals surface area contributed by atoms with Crippen molar-refractivity contribution in [1.29, 1.82) is 0 Å². The van der Waals surface area contributed by atoms with Crippen molar-refractivity contribution in [2.45, 2.75) is 33.2 Å². The molecule has 2 rings (SSSR count). The Morgan fingerprint density at radius 3 is 2.43 bits per heavy atom. The zero-order valence-corrected chi connectivity index (χ0v) is 12.6. The maximum atomic E-state index is 11.2. The predicted molar refractivity (Wildman–Crippen MR) is 83.8 cm³/mol. The van der Waals surface area contributed by atoms with Crippen molar-refractivity contribution in [2.75, 3.05) is 5.32 Å². The molecule has 0 aliphatic carbocycles. The van der Waals surface area contributed by atoms with Gasteiger partial charge in [0.2, 0.25) is 0 Å². The number of carboxylic acids is 1. The van der Waals surface area contributed by atoms with E-state index in [1.165, 1.54) is 5.56 Å². The summed E-state index contributed by atoms with van der Waals surface area (Å²) >= 11 is 0. The SMILES string of the molecule is Cc1ccc(C(=O)O)c(NCc2ccc(C(C)C)cc2)n1. The van der Waals surface area contributed by atoms with E-state index in [4.69, 9.17) is 0 Å². The molecular formula is C17H20N2O2. The summed E-state index contributed by atoms with van der Waals surface area (Å²) in [5, 5.41) is 12.3. The number of aromatic nitrogens is 1. The van der Waals surface area contributed by atoms with Crippen LogP contribution < -0.4 is 5.32 Å². The number of pyridine rings is 1. The zero-order chi connectivity index (χ0) is 15.4. The second-order valence-electron chi connectivity index (χ2n) is 5.40. The maximum Gasteiger partial charge on any atom is 0.339 e. The Kier molecular flexibility index (Phi) is 4.58. The Labute approximate surface area is 124 Å². The molecule has 4 heteroatoms. The Bertz CT molecular complexity index is 634. The lowest BCUT2D eigenvalue weighted by atomic mass is 10.0. The van der Waals surface area contributed by atoms with Gasteiger partial charge in [0.15, 0.2) is 0 Å². The summed E-state index contributed by atoms with van der Waals surface area (Å²) in [6.07, 6.45) is 0. The van der Waals surface area contributed by atoms with Gasteiger partial charge in [0.25, 0.3) is 0 Å². The number of nitrogens with zero attached hydrogens (tertiary/aromatic N) is 1. The monoisotopic (exact) mass is 284 g/mol. The van der Waals surface area contributed by atoms with Crippen LogP contribution >= 0.6 is 0 Å². The lowest BCUT2D eigenvalue weighted by molar-refractivity contribution is 0.0697. The normalized spacial score (nSPS) is 10.7. The van der Waals surface area contributed by atoms with E-state index in [0.717, 1.165) is 11.3 Å². The molecule has 110 valence electrons. The highest BCUT2D eigenvalue weighted by Crippen LogP contribution is 2.17. The van der Waals surface area contributed by atoms with Gasteiger partial charge in [0.05, 0.1) is 0 Å². The van der Waals surface area contributed by atoms with Gasteiger partial charge in [-0.05, 0) is 36.1 Å². The number of benzene rings is 1. The van der Waals surface area contributed by atoms with Crippen LogP contribution in [0.15, 0.2) is 36.4 Å². The van der Waals surface area contributed by atoms with Gasteiger partial charge in [-0.15, -0.1) is 0 Å². The summed E-state index contributed by atoms with van der Waals surface area (Å²) in [6.45, 7) is 6.70. The Hall–Kier alpha value is -2.36. The molecule has 1 aromatic carbocycles. The number of hydrogen-bond acceptors (Lipinski definition) is 3. The van der Waals surface area contributed by atoms with Crippen LogP contribution in [0.5, 0.6) is 0 Å². The van der Waals surface area contributed by atoms with Crippen LogP contribution in [-0.4, -0.2) is 16.1 Å². The number of anilines is 1. The van der Waals surface area contributed by atoms with Crippen LogP contribution in [0, 0.1) is 6.92 Å². The van der Waals surface area contributed by atoms with E-state index in [1.54, 1.807) is 12.1 Å². The third kappa shape index (κ3) is 3.81. The van der Waals surface area contributed by atoms with Crippen LogP contribution in [0.3, 0.4) is 0 Å². The van der Waals surface area contributed by atoms with Crippen molar-refractivity contribution in [1.82, 2.24) is 4.98 Å². The van der Waals surface area contributed by atoms with Gasteiger partial charge in [-0.3, -0.25) is 0 Å². The standard InChI is InChI=1S/C17H20N2O2/c1-11(2)14-7-5-13(6-8-14)10-18-16-15(17(20)21)9-4-12(3)19-16/h4-9,11H,10H2,1-3H3,(H,18,19)(H,20,21). The van der Waals surface area contributed by atoms with E-state index in [-0.39, 0.29) is 5.56 Å². The van der Waals surface area contributed by atoms with Crippen LogP contribution in [-0.2, 0) is 6.54 Å². The summed E-state index contributed by atoms with van der Waals surface area (Å²) in [5.41, 5.74) is 3.37. The molecule has 0 saturated heterocycles. The number of carboxylic acid groups (broad SMARTS) is 1. The molecule has 21 heavy (non-hydrogen) atoms. The number of hydrogen-bond donors (Lipinski definition) is 2. The third-order valence-electron chi connectivity index (χ3n) is 3.37. The molecule has 0 spiro atoms. The highest BCUT2D eigenvalue weighted by molar-refractivity contribution is 5.93. The second kappa shape index (κ2) is 6.39. The van der Waals surface area contributed by atoms with Gasteiger partial charge in [0.1, 0.15) is 11.4 Å². The molecule has 0 aliphatic rings. The molecule has 0 amide bonds. The molecule has 1 aromatic heterocycles. The quantitative estimate of drug-likeness (QED) is 0.876. The van der Waals surface area contributed by atoms with E-state index in [9.17, 15) is 9.90 Å². The molecule has 1 heterocycles. The van der Waals surface area contributed by atoms with Gasteiger partial charge in [-0.1, -0.05) is 38.1 Å². The zero-order valence-electron chi connectivity index (χ0n) is 12.6. The van der Waals surface area contributed by atoms with Crippen LogP contribution in [0.2, 0.25) is 0 Å². The molecule has 0 radical (unpaired) electrons. The molecule has 0 fully saturated rings. The minimum atomic E-state index is -0.972. The van der Waals surface area contributed by atoms with Crippen molar-refractivity contribution in [2.24, 2.45) is 0 Å². The Morgan fingerprint density at radius 1 is 1.19 bits per heavy atom. The fourth-order valence-electron chi connectivity index (χ4n) is 2.07. The molecule has 0 unspecified atom stereocenters. The van der Waals surface area contributed by atoms with Crippen molar-refractivity contribution < 1.29 is 9.90 Å². The summed E-state index contributed by atoms with van der Waals surface area (Å²) in [6, 6.07) is 11.6. The molecular weight excluding hydrogens is 264 g/mol.